The van der Waals surface area contributed by atoms with Crippen LogP contribution in [0, 0.1) is 0 Å². The molecule has 1 aromatic carbocycles. The summed E-state index contributed by atoms with van der Waals surface area (Å²) in [5.74, 6) is 1.49. The molecule has 0 radical (unpaired) electrons. The van der Waals surface area contributed by atoms with Gasteiger partial charge >= 0.3 is 0 Å². The minimum absolute atomic E-state index is 0.400. The lowest BCUT2D eigenvalue weighted by molar-refractivity contribution is 0.327. The predicted molar refractivity (Wildman–Crippen MR) is 81.0 cm³/mol. The molecule has 0 saturated heterocycles. The average molecular weight is 287 g/mol. The quantitative estimate of drug-likeness (QED) is 0.875. The minimum Gasteiger partial charge on any atom is -0.492 e. The van der Waals surface area contributed by atoms with Crippen molar-refractivity contribution in [3.05, 3.63) is 18.2 Å². The topological polar surface area (TPSA) is 78.9 Å². The molecular weight excluding hydrogens is 266 g/mol. The summed E-state index contributed by atoms with van der Waals surface area (Å²) in [5.41, 5.74) is 7.59. The molecule has 1 heterocycles. The molecule has 1 fully saturated rings. The van der Waals surface area contributed by atoms with E-state index < -0.39 is 0 Å². The van der Waals surface area contributed by atoms with E-state index in [4.69, 9.17) is 10.5 Å². The highest BCUT2D eigenvalue weighted by atomic mass is 16.5. The van der Waals surface area contributed by atoms with Gasteiger partial charge in [-0.15, -0.1) is 5.10 Å². The van der Waals surface area contributed by atoms with Crippen molar-refractivity contribution in [2.45, 2.75) is 45.1 Å². The first-order chi connectivity index (χ1) is 10.3. The second-order valence-corrected chi connectivity index (χ2v) is 5.42. The zero-order chi connectivity index (χ0) is 14.7. The number of anilines is 1. The van der Waals surface area contributed by atoms with E-state index >= 15 is 0 Å². The van der Waals surface area contributed by atoms with Crippen LogP contribution >= 0.6 is 0 Å². The van der Waals surface area contributed by atoms with Gasteiger partial charge in [0, 0.05) is 5.56 Å². The normalized spacial score (nSPS) is 16.0. The summed E-state index contributed by atoms with van der Waals surface area (Å²) in [6.45, 7) is 2.54. The number of rotatable bonds is 4. The van der Waals surface area contributed by atoms with Crippen molar-refractivity contribution in [2.75, 3.05) is 12.3 Å². The molecule has 2 aromatic rings. The molecular formula is C15H21N5O. The Morgan fingerprint density at radius 2 is 2.10 bits per heavy atom. The lowest BCUT2D eigenvalue weighted by Gasteiger charge is -2.22. The molecule has 112 valence electrons. The van der Waals surface area contributed by atoms with Crippen LogP contribution in [0.15, 0.2) is 18.2 Å². The second-order valence-electron chi connectivity index (χ2n) is 5.42. The van der Waals surface area contributed by atoms with E-state index in [2.05, 4.69) is 15.5 Å². The third-order valence-corrected chi connectivity index (χ3v) is 3.98. The zero-order valence-corrected chi connectivity index (χ0v) is 12.3. The fourth-order valence-corrected chi connectivity index (χ4v) is 2.93. The predicted octanol–water partition coefficient (Wildman–Crippen LogP) is 2.83. The van der Waals surface area contributed by atoms with Gasteiger partial charge in [0.25, 0.3) is 0 Å². The van der Waals surface area contributed by atoms with Gasteiger partial charge in [-0.1, -0.05) is 19.3 Å². The first-order valence-electron chi connectivity index (χ1n) is 7.60. The molecule has 0 amide bonds. The summed E-state index contributed by atoms with van der Waals surface area (Å²) in [5, 5.41) is 12.2. The highest BCUT2D eigenvalue weighted by molar-refractivity contribution is 5.66. The Hall–Kier alpha value is -2.11. The number of nitrogen functional groups attached to an aromatic ring is 1. The van der Waals surface area contributed by atoms with Crippen LogP contribution in [0.5, 0.6) is 5.75 Å². The number of hydrogen-bond donors (Lipinski definition) is 1. The Balaban J connectivity index is 1.90. The third-order valence-electron chi connectivity index (χ3n) is 3.98. The van der Waals surface area contributed by atoms with Gasteiger partial charge in [-0.2, -0.15) is 0 Å². The van der Waals surface area contributed by atoms with Gasteiger partial charge in [0.05, 0.1) is 18.3 Å². The second kappa shape index (κ2) is 6.11. The molecule has 1 aromatic heterocycles. The van der Waals surface area contributed by atoms with Gasteiger partial charge in [0.15, 0.2) is 5.82 Å². The van der Waals surface area contributed by atoms with Crippen LogP contribution in [-0.2, 0) is 0 Å². The van der Waals surface area contributed by atoms with Crippen molar-refractivity contribution in [1.29, 1.82) is 0 Å². The summed E-state index contributed by atoms with van der Waals surface area (Å²) >= 11 is 0. The zero-order valence-electron chi connectivity index (χ0n) is 12.3. The van der Waals surface area contributed by atoms with Crippen molar-refractivity contribution < 1.29 is 4.74 Å². The van der Waals surface area contributed by atoms with Crippen molar-refractivity contribution in [3.8, 4) is 17.1 Å². The van der Waals surface area contributed by atoms with E-state index in [1.807, 2.05) is 29.8 Å². The highest BCUT2D eigenvalue weighted by Crippen LogP contribution is 2.32. The van der Waals surface area contributed by atoms with E-state index in [0.29, 0.717) is 24.1 Å². The lowest BCUT2D eigenvalue weighted by atomic mass is 9.95. The molecule has 0 atom stereocenters. The Kier molecular flexibility index (Phi) is 4.03. The van der Waals surface area contributed by atoms with Crippen molar-refractivity contribution in [1.82, 2.24) is 20.2 Å². The van der Waals surface area contributed by atoms with E-state index in [-0.39, 0.29) is 0 Å². The molecule has 3 rings (SSSR count). The van der Waals surface area contributed by atoms with E-state index in [9.17, 15) is 0 Å². The fraction of sp³-hybridized carbons (Fsp3) is 0.533. The molecule has 6 nitrogen and oxygen atoms in total. The summed E-state index contributed by atoms with van der Waals surface area (Å²) in [6.07, 6.45) is 6.09. The molecule has 0 spiro atoms. The Morgan fingerprint density at radius 3 is 2.81 bits per heavy atom. The van der Waals surface area contributed by atoms with Gasteiger partial charge in [0.1, 0.15) is 5.75 Å². The summed E-state index contributed by atoms with van der Waals surface area (Å²) in [7, 11) is 0. The third kappa shape index (κ3) is 2.84. The lowest BCUT2D eigenvalue weighted by Crippen LogP contribution is -2.15. The molecule has 1 saturated carbocycles. The van der Waals surface area contributed by atoms with Crippen molar-refractivity contribution in [2.24, 2.45) is 0 Å². The Bertz CT molecular complexity index is 604. The van der Waals surface area contributed by atoms with Crippen LogP contribution in [0.3, 0.4) is 0 Å². The van der Waals surface area contributed by atoms with Gasteiger partial charge in [-0.3, -0.25) is 0 Å². The van der Waals surface area contributed by atoms with Crippen molar-refractivity contribution >= 4 is 5.69 Å². The number of nitrogens with zero attached hydrogens (tertiary/aromatic N) is 4. The highest BCUT2D eigenvalue weighted by Gasteiger charge is 2.21. The largest absolute Gasteiger partial charge is 0.492 e. The minimum atomic E-state index is 0.400. The molecule has 6 heteroatoms. The van der Waals surface area contributed by atoms with Gasteiger partial charge in [-0.25, -0.2) is 4.68 Å². The number of tetrazole rings is 1. The van der Waals surface area contributed by atoms with Crippen LogP contribution in [0.1, 0.15) is 45.1 Å². The standard InChI is InChI=1S/C15H21N5O/c1-2-21-14-9-8-11(10-13(14)16)15-17-18-19-20(15)12-6-4-3-5-7-12/h8-10,12H,2-7,16H2,1H3. The van der Waals surface area contributed by atoms with Crippen LogP contribution < -0.4 is 10.5 Å². The maximum Gasteiger partial charge on any atom is 0.182 e. The number of aromatic nitrogens is 4. The molecule has 21 heavy (non-hydrogen) atoms. The van der Waals surface area contributed by atoms with Crippen LogP contribution in [0.25, 0.3) is 11.4 Å². The number of hydrogen-bond acceptors (Lipinski definition) is 5. The van der Waals surface area contributed by atoms with E-state index in [0.717, 1.165) is 24.2 Å². The van der Waals surface area contributed by atoms with Crippen LogP contribution in [-0.4, -0.2) is 26.8 Å². The first-order valence-corrected chi connectivity index (χ1v) is 7.60. The number of benzene rings is 1. The Labute approximate surface area is 124 Å². The van der Waals surface area contributed by atoms with Gasteiger partial charge < -0.3 is 10.5 Å². The van der Waals surface area contributed by atoms with Crippen LogP contribution in [0.2, 0.25) is 0 Å². The Morgan fingerprint density at radius 1 is 1.29 bits per heavy atom. The average Bonchev–Trinajstić information content (AvgIpc) is 3.00. The maximum absolute atomic E-state index is 6.04. The first kappa shape index (κ1) is 13.9. The monoisotopic (exact) mass is 287 g/mol. The molecule has 1 aliphatic rings. The molecule has 2 N–H and O–H groups in total. The van der Waals surface area contributed by atoms with Crippen molar-refractivity contribution in [3.63, 3.8) is 0 Å². The summed E-state index contributed by atoms with van der Waals surface area (Å²) < 4.78 is 7.42. The van der Waals surface area contributed by atoms with E-state index in [1.165, 1.54) is 19.3 Å². The molecule has 0 aliphatic heterocycles. The maximum atomic E-state index is 6.04. The summed E-state index contributed by atoms with van der Waals surface area (Å²) in [6, 6.07) is 6.13. The SMILES string of the molecule is CCOc1ccc(-c2nnnn2C2CCCCC2)cc1N. The molecule has 0 unspecified atom stereocenters. The fourth-order valence-electron chi connectivity index (χ4n) is 2.93. The summed E-state index contributed by atoms with van der Waals surface area (Å²) in [4.78, 5) is 0. The van der Waals surface area contributed by atoms with Gasteiger partial charge in [0.2, 0.25) is 0 Å². The smallest absolute Gasteiger partial charge is 0.182 e. The molecule has 0 bridgehead atoms. The van der Waals surface area contributed by atoms with Crippen LogP contribution in [0.4, 0.5) is 5.69 Å². The number of ether oxygens (including phenoxy) is 1. The van der Waals surface area contributed by atoms with Gasteiger partial charge in [-0.05, 0) is 48.4 Å². The molecule has 1 aliphatic carbocycles. The van der Waals surface area contributed by atoms with E-state index in [1.54, 1.807) is 0 Å². The number of nitrogens with two attached hydrogens (primary N) is 1.